The fourth-order valence-corrected chi connectivity index (χ4v) is 6.13. The van der Waals surface area contributed by atoms with Crippen LogP contribution in [0, 0.1) is 16.7 Å². The molecule has 3 nitrogen and oxygen atoms in total. The minimum absolute atomic E-state index is 0.00926. The molecule has 1 saturated carbocycles. The first-order chi connectivity index (χ1) is 12.7. The molecule has 2 aliphatic carbocycles. The zero-order valence-electron chi connectivity index (χ0n) is 17.4. The Morgan fingerprint density at radius 1 is 1.07 bits per heavy atom. The Morgan fingerprint density at radius 3 is 2.33 bits per heavy atom. The monoisotopic (exact) mass is 436 g/mol. The van der Waals surface area contributed by atoms with Gasteiger partial charge in [-0.05, 0) is 53.7 Å². The van der Waals surface area contributed by atoms with E-state index in [1.54, 1.807) is 14.2 Å². The molecule has 0 bridgehead atoms. The highest BCUT2D eigenvalue weighted by atomic mass is 79.9. The standard InChI is InChI=1S/C23H33BrO3/c1-14-8-9-19-22(2,3)10-7-11-23(19,4)20(21(14)25)15-12-17(26-5)18(27-6)13-16(15)24/h9,12-14,20-21,25H,7-8,10-11H2,1-6H3/t14-,20+,21+,23+/m1/s1. The Labute approximate surface area is 172 Å². The molecule has 1 aromatic carbocycles. The smallest absolute Gasteiger partial charge is 0.161 e. The molecule has 0 aliphatic heterocycles. The number of rotatable bonds is 3. The van der Waals surface area contributed by atoms with Crippen molar-refractivity contribution in [1.29, 1.82) is 0 Å². The Morgan fingerprint density at radius 2 is 1.70 bits per heavy atom. The number of methoxy groups -OCH3 is 2. The summed E-state index contributed by atoms with van der Waals surface area (Å²) in [7, 11) is 3.32. The van der Waals surface area contributed by atoms with Gasteiger partial charge in [0.1, 0.15) is 0 Å². The zero-order chi connectivity index (χ0) is 20.0. The first kappa shape index (κ1) is 20.7. The number of benzene rings is 1. The van der Waals surface area contributed by atoms with Gasteiger partial charge in [-0.3, -0.25) is 0 Å². The van der Waals surface area contributed by atoms with Crippen LogP contribution in [0.15, 0.2) is 28.3 Å². The van der Waals surface area contributed by atoms with E-state index in [9.17, 15) is 5.11 Å². The van der Waals surface area contributed by atoms with Crippen molar-refractivity contribution in [3.63, 3.8) is 0 Å². The van der Waals surface area contributed by atoms with E-state index in [2.05, 4.69) is 55.8 Å². The summed E-state index contributed by atoms with van der Waals surface area (Å²) in [5, 5.41) is 11.4. The SMILES string of the molecule is COc1cc(Br)c([C@H]2[C@@H](O)[C@H](C)CC=C3C(C)(C)CCC[C@@]32C)cc1OC. The predicted molar refractivity (Wildman–Crippen MR) is 114 cm³/mol. The number of aliphatic hydroxyl groups excluding tert-OH is 1. The van der Waals surface area contributed by atoms with Crippen molar-refractivity contribution < 1.29 is 14.6 Å². The summed E-state index contributed by atoms with van der Waals surface area (Å²) in [6.45, 7) is 9.24. The zero-order valence-corrected chi connectivity index (χ0v) is 19.0. The number of allylic oxidation sites excluding steroid dienone is 2. The number of fused-ring (bicyclic) bond motifs is 1. The molecule has 27 heavy (non-hydrogen) atoms. The van der Waals surface area contributed by atoms with Gasteiger partial charge in [0, 0.05) is 10.4 Å². The van der Waals surface area contributed by atoms with Gasteiger partial charge in [0.15, 0.2) is 11.5 Å². The summed E-state index contributed by atoms with van der Waals surface area (Å²) >= 11 is 3.76. The Hall–Kier alpha value is -1.00. The fraction of sp³-hybridized carbons (Fsp3) is 0.652. The predicted octanol–water partition coefficient (Wildman–Crippen LogP) is 6.09. The van der Waals surface area contributed by atoms with Crippen molar-refractivity contribution in [2.75, 3.05) is 14.2 Å². The van der Waals surface area contributed by atoms with Crippen LogP contribution in [0.4, 0.5) is 0 Å². The maximum absolute atomic E-state index is 11.4. The molecule has 1 aromatic rings. The average molecular weight is 437 g/mol. The summed E-state index contributed by atoms with van der Waals surface area (Å²) in [5.74, 6) is 1.63. The number of hydrogen-bond donors (Lipinski definition) is 1. The second-order valence-electron chi connectivity index (χ2n) is 9.18. The third-order valence-electron chi connectivity index (χ3n) is 6.98. The van der Waals surface area contributed by atoms with Gasteiger partial charge in [-0.25, -0.2) is 0 Å². The molecule has 4 atom stereocenters. The molecular formula is C23H33BrO3. The van der Waals surface area contributed by atoms with Crippen LogP contribution in [0.1, 0.15) is 64.9 Å². The van der Waals surface area contributed by atoms with E-state index < -0.39 is 6.10 Å². The summed E-state index contributed by atoms with van der Waals surface area (Å²) < 4.78 is 12.0. The van der Waals surface area contributed by atoms with Crippen molar-refractivity contribution in [2.24, 2.45) is 16.7 Å². The van der Waals surface area contributed by atoms with Crippen LogP contribution in [0.25, 0.3) is 0 Å². The van der Waals surface area contributed by atoms with Gasteiger partial charge in [-0.15, -0.1) is 0 Å². The van der Waals surface area contributed by atoms with E-state index in [0.29, 0.717) is 11.5 Å². The Kier molecular flexibility index (Phi) is 5.71. The molecule has 0 aromatic heterocycles. The molecule has 1 fully saturated rings. The lowest BCUT2D eigenvalue weighted by atomic mass is 9.54. The van der Waals surface area contributed by atoms with Crippen LogP contribution >= 0.6 is 15.9 Å². The second kappa shape index (κ2) is 7.44. The van der Waals surface area contributed by atoms with Gasteiger partial charge >= 0.3 is 0 Å². The first-order valence-corrected chi connectivity index (χ1v) is 10.8. The number of aliphatic hydroxyl groups is 1. The first-order valence-electron chi connectivity index (χ1n) is 9.96. The summed E-state index contributed by atoms with van der Waals surface area (Å²) in [4.78, 5) is 0. The molecule has 2 aliphatic rings. The van der Waals surface area contributed by atoms with Gasteiger partial charge in [-0.1, -0.05) is 61.7 Å². The fourth-order valence-electron chi connectivity index (χ4n) is 5.56. The molecule has 3 rings (SSSR count). The van der Waals surface area contributed by atoms with Crippen molar-refractivity contribution in [3.8, 4) is 11.5 Å². The highest BCUT2D eigenvalue weighted by Crippen LogP contribution is 2.61. The molecule has 150 valence electrons. The van der Waals surface area contributed by atoms with Crippen molar-refractivity contribution in [1.82, 2.24) is 0 Å². The van der Waals surface area contributed by atoms with E-state index in [4.69, 9.17) is 9.47 Å². The quantitative estimate of drug-likeness (QED) is 0.582. The number of ether oxygens (including phenoxy) is 2. The van der Waals surface area contributed by atoms with Gasteiger partial charge in [0.05, 0.1) is 20.3 Å². The average Bonchev–Trinajstić information content (AvgIpc) is 2.70. The highest BCUT2D eigenvalue weighted by molar-refractivity contribution is 9.10. The summed E-state index contributed by atoms with van der Waals surface area (Å²) in [6.07, 6.45) is 6.44. The number of hydrogen-bond acceptors (Lipinski definition) is 3. The van der Waals surface area contributed by atoms with Gasteiger partial charge in [0.25, 0.3) is 0 Å². The normalized spacial score (nSPS) is 32.9. The lowest BCUT2D eigenvalue weighted by Gasteiger charge is -2.51. The van der Waals surface area contributed by atoms with Gasteiger partial charge < -0.3 is 14.6 Å². The summed E-state index contributed by atoms with van der Waals surface area (Å²) in [5.41, 5.74) is 2.71. The third-order valence-corrected chi connectivity index (χ3v) is 7.67. The van der Waals surface area contributed by atoms with Crippen molar-refractivity contribution in [2.45, 2.75) is 65.4 Å². The van der Waals surface area contributed by atoms with Gasteiger partial charge in [0.2, 0.25) is 0 Å². The van der Waals surface area contributed by atoms with Crippen LogP contribution < -0.4 is 9.47 Å². The molecule has 0 radical (unpaired) electrons. The van der Waals surface area contributed by atoms with E-state index in [1.165, 1.54) is 18.4 Å². The van der Waals surface area contributed by atoms with Crippen LogP contribution in [-0.4, -0.2) is 25.4 Å². The van der Waals surface area contributed by atoms with Crippen molar-refractivity contribution >= 4 is 15.9 Å². The third kappa shape index (κ3) is 3.44. The topological polar surface area (TPSA) is 38.7 Å². The summed E-state index contributed by atoms with van der Waals surface area (Å²) in [6, 6.07) is 4.02. The molecule has 0 spiro atoms. The Bertz CT molecular complexity index is 739. The maximum atomic E-state index is 11.4. The largest absolute Gasteiger partial charge is 0.493 e. The minimum atomic E-state index is -0.410. The van der Waals surface area contributed by atoms with E-state index in [-0.39, 0.29) is 22.7 Å². The van der Waals surface area contributed by atoms with Crippen LogP contribution in [0.5, 0.6) is 11.5 Å². The lowest BCUT2D eigenvalue weighted by molar-refractivity contribution is 0.0333. The molecule has 0 amide bonds. The van der Waals surface area contributed by atoms with E-state index >= 15 is 0 Å². The molecule has 1 N–H and O–H groups in total. The maximum Gasteiger partial charge on any atom is 0.161 e. The van der Waals surface area contributed by atoms with E-state index in [0.717, 1.165) is 22.9 Å². The number of halogens is 1. The van der Waals surface area contributed by atoms with Gasteiger partial charge in [-0.2, -0.15) is 0 Å². The molecule has 4 heteroatoms. The second-order valence-corrected chi connectivity index (χ2v) is 10.0. The molecule has 0 heterocycles. The van der Waals surface area contributed by atoms with E-state index in [1.807, 2.05) is 6.07 Å². The molecule has 0 saturated heterocycles. The van der Waals surface area contributed by atoms with Crippen LogP contribution in [-0.2, 0) is 0 Å². The highest BCUT2D eigenvalue weighted by Gasteiger charge is 2.51. The van der Waals surface area contributed by atoms with Crippen LogP contribution in [0.2, 0.25) is 0 Å². The minimum Gasteiger partial charge on any atom is -0.493 e. The Balaban J connectivity index is 2.21. The molecular weight excluding hydrogens is 404 g/mol. The molecule has 0 unspecified atom stereocenters. The van der Waals surface area contributed by atoms with Crippen molar-refractivity contribution in [3.05, 3.63) is 33.8 Å². The lowest BCUT2D eigenvalue weighted by Crippen LogP contribution is -2.43. The van der Waals surface area contributed by atoms with Crippen LogP contribution in [0.3, 0.4) is 0 Å².